The number of hydrogen-bond donors (Lipinski definition) is 0. The van der Waals surface area contributed by atoms with Crippen LogP contribution >= 0.6 is 0 Å². The molecular formula is C20H20FN3O. The van der Waals surface area contributed by atoms with E-state index in [1.54, 1.807) is 18.2 Å². The fourth-order valence-corrected chi connectivity index (χ4v) is 2.68. The molecular weight excluding hydrogens is 317 g/mol. The van der Waals surface area contributed by atoms with E-state index in [-0.39, 0.29) is 11.4 Å². The Labute approximate surface area is 146 Å². The summed E-state index contributed by atoms with van der Waals surface area (Å²) in [7, 11) is 1.95. The average molecular weight is 337 g/mol. The lowest BCUT2D eigenvalue weighted by Gasteiger charge is -2.19. The zero-order valence-electron chi connectivity index (χ0n) is 14.3. The van der Waals surface area contributed by atoms with Gasteiger partial charge in [0, 0.05) is 18.2 Å². The van der Waals surface area contributed by atoms with Crippen molar-refractivity contribution in [3.63, 3.8) is 0 Å². The molecule has 128 valence electrons. The lowest BCUT2D eigenvalue weighted by Crippen LogP contribution is -2.31. The van der Waals surface area contributed by atoms with Crippen LogP contribution in [0.3, 0.4) is 0 Å². The molecule has 0 bridgehead atoms. The second kappa shape index (κ2) is 7.40. The molecule has 0 amide bonds. The van der Waals surface area contributed by atoms with Gasteiger partial charge in [-0.25, -0.2) is 9.07 Å². The number of hydrogen-bond acceptors (Lipinski definition) is 3. The Bertz CT molecular complexity index is 919. The van der Waals surface area contributed by atoms with E-state index in [9.17, 15) is 9.18 Å². The molecule has 3 aromatic rings. The molecule has 0 aliphatic heterocycles. The Hall–Kier alpha value is -2.79. The number of aryl methyl sites for hydroxylation is 1. The molecule has 0 unspecified atom stereocenters. The van der Waals surface area contributed by atoms with Crippen LogP contribution in [0.25, 0.3) is 11.3 Å². The molecule has 0 aliphatic carbocycles. The summed E-state index contributed by atoms with van der Waals surface area (Å²) in [5.74, 6) is -0.296. The van der Waals surface area contributed by atoms with Gasteiger partial charge < -0.3 is 0 Å². The summed E-state index contributed by atoms with van der Waals surface area (Å²) in [4.78, 5) is 14.2. The van der Waals surface area contributed by atoms with Crippen molar-refractivity contribution < 1.29 is 4.39 Å². The van der Waals surface area contributed by atoms with Gasteiger partial charge in [0.05, 0.1) is 12.4 Å². The molecule has 5 heteroatoms. The molecule has 0 N–H and O–H groups in total. The van der Waals surface area contributed by atoms with Crippen LogP contribution in [0.5, 0.6) is 0 Å². The summed E-state index contributed by atoms with van der Waals surface area (Å²) in [6.45, 7) is 3.17. The van der Waals surface area contributed by atoms with Gasteiger partial charge in [-0.05, 0) is 55.4 Å². The minimum atomic E-state index is -0.296. The zero-order valence-corrected chi connectivity index (χ0v) is 14.3. The maximum absolute atomic E-state index is 13.1. The third-order valence-electron chi connectivity index (χ3n) is 4.08. The third kappa shape index (κ3) is 4.19. The SMILES string of the molecule is Cc1ccccc1CN(C)Cn1nc(-c2ccc(F)cc2)ccc1=O. The molecule has 0 saturated carbocycles. The monoisotopic (exact) mass is 337 g/mol. The highest BCUT2D eigenvalue weighted by molar-refractivity contribution is 5.57. The highest BCUT2D eigenvalue weighted by atomic mass is 19.1. The molecule has 1 heterocycles. The molecule has 0 aliphatic rings. The van der Waals surface area contributed by atoms with Crippen LogP contribution in [0.4, 0.5) is 4.39 Å². The molecule has 25 heavy (non-hydrogen) atoms. The fraction of sp³-hybridized carbons (Fsp3) is 0.200. The fourth-order valence-electron chi connectivity index (χ4n) is 2.68. The lowest BCUT2D eigenvalue weighted by molar-refractivity contribution is 0.240. The Balaban J connectivity index is 1.80. The minimum absolute atomic E-state index is 0.164. The van der Waals surface area contributed by atoms with E-state index in [0.717, 1.165) is 12.1 Å². The Morgan fingerprint density at radius 1 is 1.04 bits per heavy atom. The summed E-state index contributed by atoms with van der Waals surface area (Å²) in [5, 5.41) is 4.42. The molecule has 0 fully saturated rings. The predicted molar refractivity (Wildman–Crippen MR) is 96.5 cm³/mol. The van der Waals surface area contributed by atoms with E-state index in [0.29, 0.717) is 12.4 Å². The summed E-state index contributed by atoms with van der Waals surface area (Å²) < 4.78 is 14.5. The molecule has 3 rings (SSSR count). The van der Waals surface area contributed by atoms with Crippen molar-refractivity contribution in [3.8, 4) is 11.3 Å². The second-order valence-electron chi connectivity index (χ2n) is 6.15. The quantitative estimate of drug-likeness (QED) is 0.716. The van der Waals surface area contributed by atoms with E-state index in [1.165, 1.54) is 34.0 Å². The molecule has 0 spiro atoms. The number of nitrogens with zero attached hydrogens (tertiary/aromatic N) is 3. The van der Waals surface area contributed by atoms with Crippen LogP contribution in [0, 0.1) is 12.7 Å². The number of benzene rings is 2. The first-order chi connectivity index (χ1) is 12.0. The van der Waals surface area contributed by atoms with Crippen LogP contribution in [-0.2, 0) is 13.2 Å². The van der Waals surface area contributed by atoms with Crippen LogP contribution < -0.4 is 5.56 Å². The molecule has 2 aromatic carbocycles. The first-order valence-corrected chi connectivity index (χ1v) is 8.10. The highest BCUT2D eigenvalue weighted by Gasteiger charge is 2.08. The summed E-state index contributed by atoms with van der Waals surface area (Å²) >= 11 is 0. The van der Waals surface area contributed by atoms with Crippen molar-refractivity contribution in [3.05, 3.63) is 88.0 Å². The lowest BCUT2D eigenvalue weighted by atomic mass is 10.1. The van der Waals surface area contributed by atoms with Gasteiger partial charge in [-0.15, -0.1) is 0 Å². The van der Waals surface area contributed by atoms with Crippen molar-refractivity contribution in [2.75, 3.05) is 7.05 Å². The molecule has 1 aromatic heterocycles. The third-order valence-corrected chi connectivity index (χ3v) is 4.08. The van der Waals surface area contributed by atoms with Crippen LogP contribution in [0.2, 0.25) is 0 Å². The Kier molecular flexibility index (Phi) is 5.05. The topological polar surface area (TPSA) is 38.1 Å². The van der Waals surface area contributed by atoms with Gasteiger partial charge in [0.25, 0.3) is 5.56 Å². The molecule has 0 saturated heterocycles. The van der Waals surface area contributed by atoms with Crippen molar-refractivity contribution in [1.82, 2.24) is 14.7 Å². The standard InChI is InChI=1S/C20H20FN3O/c1-15-5-3-4-6-17(15)13-23(2)14-24-20(25)12-11-19(22-24)16-7-9-18(21)10-8-16/h3-12H,13-14H2,1-2H3. The maximum Gasteiger partial charge on any atom is 0.268 e. The van der Waals surface area contributed by atoms with Gasteiger partial charge in [-0.2, -0.15) is 5.10 Å². The van der Waals surface area contributed by atoms with Crippen molar-refractivity contribution in [1.29, 1.82) is 0 Å². The average Bonchev–Trinajstić information content (AvgIpc) is 2.60. The first-order valence-electron chi connectivity index (χ1n) is 8.10. The van der Waals surface area contributed by atoms with Gasteiger partial charge >= 0.3 is 0 Å². The van der Waals surface area contributed by atoms with Gasteiger partial charge in [0.15, 0.2) is 0 Å². The minimum Gasteiger partial charge on any atom is -0.283 e. The van der Waals surface area contributed by atoms with Crippen LogP contribution in [-0.4, -0.2) is 21.7 Å². The van der Waals surface area contributed by atoms with Gasteiger partial charge in [-0.3, -0.25) is 9.69 Å². The van der Waals surface area contributed by atoms with Crippen molar-refractivity contribution in [2.24, 2.45) is 0 Å². The first kappa shape index (κ1) is 17.0. The highest BCUT2D eigenvalue weighted by Crippen LogP contribution is 2.16. The van der Waals surface area contributed by atoms with E-state index < -0.39 is 0 Å². The van der Waals surface area contributed by atoms with E-state index in [2.05, 4.69) is 24.2 Å². The van der Waals surface area contributed by atoms with Gasteiger partial charge in [-0.1, -0.05) is 24.3 Å². The molecule has 0 radical (unpaired) electrons. The van der Waals surface area contributed by atoms with Gasteiger partial charge in [0.1, 0.15) is 5.82 Å². The summed E-state index contributed by atoms with van der Waals surface area (Å²) in [6.07, 6.45) is 0. The van der Waals surface area contributed by atoms with E-state index >= 15 is 0 Å². The normalized spacial score (nSPS) is 11.0. The van der Waals surface area contributed by atoms with E-state index in [1.807, 2.05) is 24.1 Å². The molecule has 4 nitrogen and oxygen atoms in total. The summed E-state index contributed by atoms with van der Waals surface area (Å²) in [5.41, 5.74) is 3.69. The predicted octanol–water partition coefficient (Wildman–Crippen LogP) is 3.45. The maximum atomic E-state index is 13.1. The second-order valence-corrected chi connectivity index (χ2v) is 6.15. The van der Waals surface area contributed by atoms with Crippen molar-refractivity contribution in [2.45, 2.75) is 20.1 Å². The largest absolute Gasteiger partial charge is 0.283 e. The zero-order chi connectivity index (χ0) is 17.8. The summed E-state index contributed by atoms with van der Waals surface area (Å²) in [6, 6.07) is 17.4. The number of rotatable bonds is 5. The Morgan fingerprint density at radius 2 is 1.76 bits per heavy atom. The molecule has 0 atom stereocenters. The van der Waals surface area contributed by atoms with Crippen LogP contribution in [0.1, 0.15) is 11.1 Å². The number of aromatic nitrogens is 2. The van der Waals surface area contributed by atoms with Gasteiger partial charge in [0.2, 0.25) is 0 Å². The van der Waals surface area contributed by atoms with Crippen molar-refractivity contribution >= 4 is 0 Å². The van der Waals surface area contributed by atoms with Crippen LogP contribution in [0.15, 0.2) is 65.5 Å². The van der Waals surface area contributed by atoms with E-state index in [4.69, 9.17) is 0 Å². The Morgan fingerprint density at radius 3 is 2.48 bits per heavy atom. The smallest absolute Gasteiger partial charge is 0.268 e. The number of halogens is 1.